The van der Waals surface area contributed by atoms with Gasteiger partial charge in [-0.3, -0.25) is 11.3 Å². The molecule has 3 heteroatoms. The van der Waals surface area contributed by atoms with E-state index in [-0.39, 0.29) is 12.1 Å². The molecule has 0 bridgehead atoms. The minimum absolute atomic E-state index is 0.198. The lowest BCUT2D eigenvalue weighted by molar-refractivity contribution is 0.222. The molecule has 1 aliphatic rings. The van der Waals surface area contributed by atoms with Crippen molar-refractivity contribution in [3.05, 3.63) is 29.8 Å². The lowest BCUT2D eigenvalue weighted by Crippen LogP contribution is -2.35. The molecule has 0 aromatic heterocycles. The van der Waals surface area contributed by atoms with Gasteiger partial charge < -0.3 is 4.74 Å². The summed E-state index contributed by atoms with van der Waals surface area (Å²) in [5.74, 6) is 8.20. The minimum atomic E-state index is 0.198. The molecule has 1 saturated carbocycles. The number of hydrazine groups is 1. The minimum Gasteiger partial charge on any atom is -0.491 e. The third-order valence-electron chi connectivity index (χ3n) is 4.22. The fourth-order valence-electron chi connectivity index (χ4n) is 3.34. The van der Waals surface area contributed by atoms with Gasteiger partial charge in [0.25, 0.3) is 0 Å². The van der Waals surface area contributed by atoms with Crippen molar-refractivity contribution in [1.29, 1.82) is 0 Å². The number of benzene rings is 1. The van der Waals surface area contributed by atoms with E-state index in [1.54, 1.807) is 0 Å². The normalized spacial score (nSPS) is 24.6. The molecule has 1 fully saturated rings. The molecule has 0 heterocycles. The maximum atomic E-state index is 5.84. The Labute approximate surface area is 122 Å². The number of ether oxygens (including phenoxy) is 1. The quantitative estimate of drug-likeness (QED) is 0.635. The fraction of sp³-hybridized carbons (Fsp3) is 0.647. The van der Waals surface area contributed by atoms with Crippen LogP contribution in [0.4, 0.5) is 0 Å². The topological polar surface area (TPSA) is 47.3 Å². The smallest absolute Gasteiger partial charge is 0.120 e. The maximum Gasteiger partial charge on any atom is 0.120 e. The first-order valence-corrected chi connectivity index (χ1v) is 7.83. The lowest BCUT2D eigenvalue weighted by atomic mass is 9.77. The molecular weight excluding hydrogens is 248 g/mol. The van der Waals surface area contributed by atoms with Gasteiger partial charge in [0.05, 0.1) is 6.10 Å². The highest BCUT2D eigenvalue weighted by molar-refractivity contribution is 5.31. The Hall–Kier alpha value is -1.06. The van der Waals surface area contributed by atoms with E-state index in [1.165, 1.54) is 31.2 Å². The predicted octanol–water partition coefficient (Wildman–Crippen LogP) is 3.80. The molecule has 1 aliphatic carbocycles. The van der Waals surface area contributed by atoms with Crippen LogP contribution in [0.1, 0.15) is 58.1 Å². The second-order valence-electron chi connectivity index (χ2n) is 6.42. The molecular formula is C17H28N2O. The molecule has 3 unspecified atom stereocenters. The van der Waals surface area contributed by atoms with Crippen LogP contribution < -0.4 is 16.0 Å². The number of hydrogen-bond donors (Lipinski definition) is 2. The van der Waals surface area contributed by atoms with Crippen molar-refractivity contribution >= 4 is 0 Å². The molecule has 3 atom stereocenters. The van der Waals surface area contributed by atoms with E-state index in [2.05, 4.69) is 30.5 Å². The molecule has 0 aliphatic heterocycles. The summed E-state index contributed by atoms with van der Waals surface area (Å²) in [7, 11) is 0. The van der Waals surface area contributed by atoms with Crippen LogP contribution in [0.25, 0.3) is 0 Å². The number of nitrogens with one attached hydrogen (secondary N) is 1. The average molecular weight is 276 g/mol. The van der Waals surface area contributed by atoms with Gasteiger partial charge in [0, 0.05) is 6.04 Å². The van der Waals surface area contributed by atoms with Gasteiger partial charge in [-0.2, -0.15) is 0 Å². The number of rotatable bonds is 5. The summed E-state index contributed by atoms with van der Waals surface area (Å²) in [6.45, 7) is 6.44. The van der Waals surface area contributed by atoms with Crippen LogP contribution in [0.3, 0.4) is 0 Å². The molecule has 1 aromatic carbocycles. The molecule has 20 heavy (non-hydrogen) atoms. The maximum absolute atomic E-state index is 5.84. The second kappa shape index (κ2) is 7.09. The van der Waals surface area contributed by atoms with Crippen LogP contribution >= 0.6 is 0 Å². The van der Waals surface area contributed by atoms with Crippen LogP contribution in [-0.4, -0.2) is 6.10 Å². The Morgan fingerprint density at radius 3 is 2.75 bits per heavy atom. The van der Waals surface area contributed by atoms with E-state index < -0.39 is 0 Å². The van der Waals surface area contributed by atoms with Gasteiger partial charge in [0.15, 0.2) is 0 Å². The van der Waals surface area contributed by atoms with Crippen LogP contribution in [-0.2, 0) is 0 Å². The van der Waals surface area contributed by atoms with Gasteiger partial charge in [-0.25, -0.2) is 0 Å². The van der Waals surface area contributed by atoms with Gasteiger partial charge >= 0.3 is 0 Å². The van der Waals surface area contributed by atoms with E-state index >= 15 is 0 Å². The van der Waals surface area contributed by atoms with Gasteiger partial charge in [0.2, 0.25) is 0 Å². The molecule has 112 valence electrons. The van der Waals surface area contributed by atoms with Gasteiger partial charge in [-0.1, -0.05) is 31.9 Å². The number of nitrogens with two attached hydrogens (primary N) is 1. The third-order valence-corrected chi connectivity index (χ3v) is 4.22. The Morgan fingerprint density at radius 1 is 1.30 bits per heavy atom. The van der Waals surface area contributed by atoms with Gasteiger partial charge in [-0.15, -0.1) is 0 Å². The van der Waals surface area contributed by atoms with Crippen LogP contribution in [0.15, 0.2) is 24.3 Å². The summed E-state index contributed by atoms with van der Waals surface area (Å²) in [5.41, 5.74) is 4.27. The summed E-state index contributed by atoms with van der Waals surface area (Å²) in [6.07, 6.45) is 5.37. The molecule has 0 saturated heterocycles. The van der Waals surface area contributed by atoms with Gasteiger partial charge in [0.1, 0.15) is 5.75 Å². The van der Waals surface area contributed by atoms with E-state index in [0.717, 1.165) is 11.7 Å². The average Bonchev–Trinajstić information content (AvgIpc) is 2.39. The molecule has 3 nitrogen and oxygen atoms in total. The Bertz CT molecular complexity index is 419. The van der Waals surface area contributed by atoms with Crippen LogP contribution in [0, 0.1) is 11.8 Å². The van der Waals surface area contributed by atoms with Crippen LogP contribution in [0.5, 0.6) is 5.75 Å². The zero-order valence-corrected chi connectivity index (χ0v) is 12.9. The van der Waals surface area contributed by atoms with E-state index in [4.69, 9.17) is 10.6 Å². The predicted molar refractivity (Wildman–Crippen MR) is 83.4 cm³/mol. The van der Waals surface area contributed by atoms with E-state index in [0.29, 0.717) is 5.92 Å². The molecule has 0 radical (unpaired) electrons. The fourth-order valence-corrected chi connectivity index (χ4v) is 3.34. The molecule has 3 N–H and O–H groups in total. The Morgan fingerprint density at radius 2 is 2.10 bits per heavy atom. The largest absolute Gasteiger partial charge is 0.491 e. The monoisotopic (exact) mass is 276 g/mol. The summed E-state index contributed by atoms with van der Waals surface area (Å²) in [4.78, 5) is 0. The van der Waals surface area contributed by atoms with Crippen LogP contribution in [0.2, 0.25) is 0 Å². The zero-order chi connectivity index (χ0) is 14.5. The highest BCUT2D eigenvalue weighted by Crippen LogP contribution is 2.37. The summed E-state index contributed by atoms with van der Waals surface area (Å²) in [6, 6.07) is 8.58. The summed E-state index contributed by atoms with van der Waals surface area (Å²) < 4.78 is 5.79. The third kappa shape index (κ3) is 3.97. The van der Waals surface area contributed by atoms with Crippen molar-refractivity contribution in [2.24, 2.45) is 17.7 Å². The molecule has 0 amide bonds. The summed E-state index contributed by atoms with van der Waals surface area (Å²) >= 11 is 0. The van der Waals surface area contributed by atoms with Crippen molar-refractivity contribution < 1.29 is 4.74 Å². The highest BCUT2D eigenvalue weighted by Gasteiger charge is 2.27. The van der Waals surface area contributed by atoms with E-state index in [9.17, 15) is 0 Å². The standard InChI is InChI=1S/C17H28N2O/c1-12(2)20-16-9-5-8-15(11-16)17(19-18)14-7-4-6-13(3)10-14/h5,8-9,11-14,17,19H,4,6-7,10,18H2,1-3H3. The first-order chi connectivity index (χ1) is 9.60. The first-order valence-electron chi connectivity index (χ1n) is 7.83. The lowest BCUT2D eigenvalue weighted by Gasteiger charge is -2.33. The summed E-state index contributed by atoms with van der Waals surface area (Å²) in [5, 5.41) is 0. The first kappa shape index (κ1) is 15.3. The molecule has 0 spiro atoms. The van der Waals surface area contributed by atoms with Crippen molar-refractivity contribution in [2.75, 3.05) is 0 Å². The second-order valence-corrected chi connectivity index (χ2v) is 6.42. The molecule has 2 rings (SSSR count). The zero-order valence-electron chi connectivity index (χ0n) is 12.9. The van der Waals surface area contributed by atoms with Crippen molar-refractivity contribution in [1.82, 2.24) is 5.43 Å². The van der Waals surface area contributed by atoms with E-state index in [1.807, 2.05) is 19.9 Å². The Kier molecular flexibility index (Phi) is 5.44. The number of hydrogen-bond acceptors (Lipinski definition) is 3. The SMILES string of the molecule is CC1CCCC(C(NN)c2cccc(OC(C)C)c2)C1. The van der Waals surface area contributed by atoms with Gasteiger partial charge in [-0.05, 0) is 56.2 Å². The van der Waals surface area contributed by atoms with Crippen molar-refractivity contribution in [3.8, 4) is 5.75 Å². The highest BCUT2D eigenvalue weighted by atomic mass is 16.5. The molecule has 1 aromatic rings. The van der Waals surface area contributed by atoms with Crippen molar-refractivity contribution in [3.63, 3.8) is 0 Å². The van der Waals surface area contributed by atoms with Crippen molar-refractivity contribution in [2.45, 2.75) is 58.6 Å². The Balaban J connectivity index is 2.14.